The number of nitrogens with one attached hydrogen (secondary N) is 2. The molecule has 0 saturated carbocycles. The van der Waals surface area contributed by atoms with Crippen LogP contribution in [0.3, 0.4) is 0 Å². The van der Waals surface area contributed by atoms with E-state index in [1.807, 2.05) is 43.3 Å². The minimum absolute atomic E-state index is 0.202. The molecule has 0 fully saturated rings. The summed E-state index contributed by atoms with van der Waals surface area (Å²) in [7, 11) is 0. The Labute approximate surface area is 133 Å². The number of aromatic nitrogens is 1. The quantitative estimate of drug-likeness (QED) is 0.597. The van der Waals surface area contributed by atoms with Crippen LogP contribution in [0.2, 0.25) is 0 Å². The molecule has 2 aromatic heterocycles. The van der Waals surface area contributed by atoms with Crippen molar-refractivity contribution in [1.82, 2.24) is 10.3 Å². The Balaban J connectivity index is 1.51. The van der Waals surface area contributed by atoms with Gasteiger partial charge in [-0.05, 0) is 48.2 Å². The molecule has 4 nitrogen and oxygen atoms in total. The number of aryl methyl sites for hydroxylation is 1. The Morgan fingerprint density at radius 2 is 1.96 bits per heavy atom. The Morgan fingerprint density at radius 3 is 2.83 bits per heavy atom. The second-order valence-electron chi connectivity index (χ2n) is 5.71. The van der Waals surface area contributed by atoms with E-state index < -0.39 is 0 Å². The maximum absolute atomic E-state index is 12.2. The lowest BCUT2D eigenvalue weighted by atomic mass is 10.1. The molecule has 2 heterocycles. The third kappa shape index (κ3) is 2.59. The molecule has 23 heavy (non-hydrogen) atoms. The fourth-order valence-electron chi connectivity index (χ4n) is 2.80. The molecule has 2 aromatic carbocycles. The third-order valence-corrected chi connectivity index (χ3v) is 3.92. The second kappa shape index (κ2) is 5.32. The Kier molecular flexibility index (Phi) is 3.15. The first-order valence-electron chi connectivity index (χ1n) is 7.54. The molecule has 0 aliphatic rings. The number of hydrogen-bond donors (Lipinski definition) is 2. The van der Waals surface area contributed by atoms with Gasteiger partial charge < -0.3 is 14.7 Å². The van der Waals surface area contributed by atoms with E-state index in [0.29, 0.717) is 12.3 Å². The van der Waals surface area contributed by atoms with Gasteiger partial charge in [0.15, 0.2) is 5.76 Å². The van der Waals surface area contributed by atoms with Crippen molar-refractivity contribution in [2.24, 2.45) is 0 Å². The lowest BCUT2D eigenvalue weighted by molar-refractivity contribution is 0.0925. The molecule has 0 aliphatic carbocycles. The Hall–Kier alpha value is -3.01. The van der Waals surface area contributed by atoms with E-state index in [0.717, 1.165) is 33.1 Å². The molecule has 0 bridgehead atoms. The van der Waals surface area contributed by atoms with Gasteiger partial charge in [-0.1, -0.05) is 24.3 Å². The zero-order valence-electron chi connectivity index (χ0n) is 12.7. The highest BCUT2D eigenvalue weighted by Crippen LogP contribution is 2.19. The lowest BCUT2D eigenvalue weighted by Gasteiger charge is -2.03. The van der Waals surface area contributed by atoms with Gasteiger partial charge in [0.25, 0.3) is 5.91 Å². The number of benzene rings is 2. The first-order valence-corrected chi connectivity index (χ1v) is 7.54. The molecule has 0 aliphatic heterocycles. The van der Waals surface area contributed by atoms with Gasteiger partial charge in [0.2, 0.25) is 0 Å². The van der Waals surface area contributed by atoms with Gasteiger partial charge in [0.1, 0.15) is 5.58 Å². The summed E-state index contributed by atoms with van der Waals surface area (Å²) >= 11 is 0. The maximum atomic E-state index is 12.2. The molecule has 0 saturated heterocycles. The van der Waals surface area contributed by atoms with E-state index in [2.05, 4.69) is 22.4 Å². The van der Waals surface area contributed by atoms with Crippen molar-refractivity contribution in [3.8, 4) is 0 Å². The highest BCUT2D eigenvalue weighted by molar-refractivity contribution is 5.96. The fourth-order valence-corrected chi connectivity index (χ4v) is 2.80. The van der Waals surface area contributed by atoms with Crippen molar-refractivity contribution in [2.45, 2.75) is 13.5 Å². The molecule has 0 radical (unpaired) electrons. The van der Waals surface area contributed by atoms with Crippen molar-refractivity contribution in [2.75, 3.05) is 0 Å². The van der Waals surface area contributed by atoms with Crippen molar-refractivity contribution in [3.63, 3.8) is 0 Å². The van der Waals surface area contributed by atoms with Crippen LogP contribution >= 0.6 is 0 Å². The van der Waals surface area contributed by atoms with Crippen molar-refractivity contribution in [1.29, 1.82) is 0 Å². The number of hydrogen-bond acceptors (Lipinski definition) is 2. The summed E-state index contributed by atoms with van der Waals surface area (Å²) in [6, 6.07) is 17.6. The molecule has 4 heteroatoms. The van der Waals surface area contributed by atoms with E-state index in [4.69, 9.17) is 4.42 Å². The summed E-state index contributed by atoms with van der Waals surface area (Å²) in [6.45, 7) is 2.50. The SMILES string of the molecule is Cc1cc2cc(CNC(=O)c3cc4ccccc4o3)ccc2[nH]1. The van der Waals surface area contributed by atoms with Crippen LogP contribution < -0.4 is 5.32 Å². The third-order valence-electron chi connectivity index (χ3n) is 3.92. The van der Waals surface area contributed by atoms with Crippen LogP contribution in [0.1, 0.15) is 21.8 Å². The van der Waals surface area contributed by atoms with Gasteiger partial charge in [-0.3, -0.25) is 4.79 Å². The van der Waals surface area contributed by atoms with Crippen molar-refractivity contribution < 1.29 is 9.21 Å². The van der Waals surface area contributed by atoms with Crippen molar-refractivity contribution >= 4 is 27.8 Å². The van der Waals surface area contributed by atoms with Crippen molar-refractivity contribution in [3.05, 3.63) is 71.6 Å². The van der Waals surface area contributed by atoms with E-state index in [9.17, 15) is 4.79 Å². The fraction of sp³-hybridized carbons (Fsp3) is 0.105. The molecular weight excluding hydrogens is 288 g/mol. The average molecular weight is 304 g/mol. The zero-order valence-corrected chi connectivity index (χ0v) is 12.7. The van der Waals surface area contributed by atoms with Gasteiger partial charge in [-0.15, -0.1) is 0 Å². The number of fused-ring (bicyclic) bond motifs is 2. The monoisotopic (exact) mass is 304 g/mol. The summed E-state index contributed by atoms with van der Waals surface area (Å²) in [6.07, 6.45) is 0. The number of aromatic amines is 1. The van der Waals surface area contributed by atoms with E-state index >= 15 is 0 Å². The summed E-state index contributed by atoms with van der Waals surface area (Å²) < 4.78 is 5.57. The van der Waals surface area contributed by atoms with Crippen LogP contribution in [0.15, 0.2) is 59.0 Å². The number of amides is 1. The van der Waals surface area contributed by atoms with Gasteiger partial charge >= 0.3 is 0 Å². The molecule has 4 aromatic rings. The van der Waals surface area contributed by atoms with Crippen LogP contribution in [0.25, 0.3) is 21.9 Å². The van der Waals surface area contributed by atoms with Gasteiger partial charge in [0.05, 0.1) is 0 Å². The van der Waals surface area contributed by atoms with Gasteiger partial charge in [0, 0.05) is 23.1 Å². The molecule has 1 amide bonds. The molecule has 4 rings (SSSR count). The van der Waals surface area contributed by atoms with Crippen LogP contribution in [0.5, 0.6) is 0 Å². The number of furan rings is 1. The first kappa shape index (κ1) is 13.6. The highest BCUT2D eigenvalue weighted by atomic mass is 16.3. The minimum Gasteiger partial charge on any atom is -0.451 e. The Bertz CT molecular complexity index is 977. The van der Waals surface area contributed by atoms with Crippen LogP contribution in [-0.2, 0) is 6.54 Å². The molecule has 0 atom stereocenters. The molecule has 2 N–H and O–H groups in total. The smallest absolute Gasteiger partial charge is 0.287 e. The summed E-state index contributed by atoms with van der Waals surface area (Å²) in [5.41, 5.74) is 4.01. The van der Waals surface area contributed by atoms with E-state index in [-0.39, 0.29) is 5.91 Å². The standard InChI is InChI=1S/C19H16N2O2/c1-12-8-15-9-13(6-7-16(15)21-12)11-20-19(22)18-10-14-4-2-3-5-17(14)23-18/h2-10,21H,11H2,1H3,(H,20,22). The largest absolute Gasteiger partial charge is 0.451 e. The Morgan fingerprint density at radius 1 is 1.09 bits per heavy atom. The number of H-pyrrole nitrogens is 1. The number of para-hydroxylation sites is 1. The second-order valence-corrected chi connectivity index (χ2v) is 5.71. The van der Waals surface area contributed by atoms with Gasteiger partial charge in [-0.2, -0.15) is 0 Å². The average Bonchev–Trinajstić information content (AvgIpc) is 3.14. The summed E-state index contributed by atoms with van der Waals surface area (Å²) in [4.78, 5) is 15.5. The number of rotatable bonds is 3. The number of carbonyl (C=O) groups is 1. The predicted octanol–water partition coefficient (Wildman–Crippen LogP) is 4.15. The highest BCUT2D eigenvalue weighted by Gasteiger charge is 2.11. The van der Waals surface area contributed by atoms with Crippen LogP contribution in [0.4, 0.5) is 0 Å². The topological polar surface area (TPSA) is 58.0 Å². The van der Waals surface area contributed by atoms with E-state index in [1.54, 1.807) is 6.07 Å². The molecule has 0 unspecified atom stereocenters. The van der Waals surface area contributed by atoms with Crippen LogP contribution in [-0.4, -0.2) is 10.9 Å². The first-order chi connectivity index (χ1) is 11.2. The molecule has 114 valence electrons. The maximum Gasteiger partial charge on any atom is 0.287 e. The molecular formula is C19H16N2O2. The minimum atomic E-state index is -0.202. The van der Waals surface area contributed by atoms with E-state index in [1.165, 1.54) is 0 Å². The molecule has 0 spiro atoms. The lowest BCUT2D eigenvalue weighted by Crippen LogP contribution is -2.22. The summed E-state index contributed by atoms with van der Waals surface area (Å²) in [5, 5.41) is 4.99. The van der Waals surface area contributed by atoms with Crippen LogP contribution in [0, 0.1) is 6.92 Å². The normalized spacial score (nSPS) is 11.2. The predicted molar refractivity (Wildman–Crippen MR) is 90.4 cm³/mol. The zero-order chi connectivity index (χ0) is 15.8. The summed E-state index contributed by atoms with van der Waals surface area (Å²) in [5.74, 6) is 0.135. The van der Waals surface area contributed by atoms with Gasteiger partial charge in [-0.25, -0.2) is 0 Å². The number of carbonyl (C=O) groups excluding carboxylic acids is 1.